The molecule has 0 spiro atoms. The molecule has 1 unspecified atom stereocenters. The molecule has 12 heteroatoms. The van der Waals surface area contributed by atoms with Gasteiger partial charge in [0.15, 0.2) is 0 Å². The Balaban J connectivity index is 0.00000280. The molecular weight excluding hydrogens is 392 g/mol. The van der Waals surface area contributed by atoms with Crippen molar-refractivity contribution in [3.63, 3.8) is 0 Å². The average Bonchev–Trinajstić information content (AvgIpc) is 2.55. The van der Waals surface area contributed by atoms with Crippen LogP contribution in [0.25, 0.3) is 0 Å². The summed E-state index contributed by atoms with van der Waals surface area (Å²) in [5, 5.41) is 19.2. The third-order valence-electron chi connectivity index (χ3n) is 4.52. The van der Waals surface area contributed by atoms with E-state index in [1.165, 1.54) is 4.90 Å². The Bertz CT molecular complexity index is 788. The number of aromatic carboxylic acids is 1. The van der Waals surface area contributed by atoms with Gasteiger partial charge < -0.3 is 35.9 Å². The Morgan fingerprint density at radius 1 is 1.36 bits per heavy atom. The van der Waals surface area contributed by atoms with Crippen LogP contribution in [-0.2, 0) is 16.0 Å². The van der Waals surface area contributed by atoms with E-state index in [-0.39, 0.29) is 49.0 Å². The van der Waals surface area contributed by atoms with E-state index in [1.54, 1.807) is 12.1 Å². The molecule has 0 aliphatic carbocycles. The van der Waals surface area contributed by atoms with Crippen LogP contribution in [0.2, 0.25) is 6.32 Å². The fourth-order valence-corrected chi connectivity index (χ4v) is 3.12. The fraction of sp³-hybridized carbons (Fsp3) is 0.438. The van der Waals surface area contributed by atoms with E-state index in [9.17, 15) is 24.5 Å². The molecule has 2 aliphatic rings. The van der Waals surface area contributed by atoms with Crippen LogP contribution in [0.1, 0.15) is 22.3 Å². The molecular formula is C16H21BClN3O7. The van der Waals surface area contributed by atoms with Gasteiger partial charge in [0.2, 0.25) is 11.8 Å². The number of hydrogen-bond acceptors (Lipinski definition) is 7. The lowest BCUT2D eigenvalue weighted by Gasteiger charge is -2.40. The number of likely N-dealkylation sites (tertiary alicyclic amines) is 1. The van der Waals surface area contributed by atoms with Crippen molar-refractivity contribution < 1.29 is 33.9 Å². The fourth-order valence-electron chi connectivity index (χ4n) is 3.12. The molecule has 10 nitrogen and oxygen atoms in total. The number of hydrogen-bond donors (Lipinski definition) is 4. The number of carbonyl (C=O) groups excluding carboxylic acids is 2. The van der Waals surface area contributed by atoms with Crippen LogP contribution in [0, 0.1) is 0 Å². The van der Waals surface area contributed by atoms with Gasteiger partial charge in [0.25, 0.3) is 0 Å². The zero-order valence-corrected chi connectivity index (χ0v) is 15.7. The van der Waals surface area contributed by atoms with Crippen molar-refractivity contribution in [2.24, 2.45) is 11.5 Å². The molecule has 28 heavy (non-hydrogen) atoms. The maximum atomic E-state index is 12.1. The van der Waals surface area contributed by atoms with E-state index in [1.807, 2.05) is 0 Å². The normalized spacial score (nSPS) is 16.8. The first kappa shape index (κ1) is 21.8. The number of amides is 2. The van der Waals surface area contributed by atoms with Gasteiger partial charge in [-0.05, 0) is 24.4 Å². The molecule has 152 valence electrons. The second-order valence-electron chi connectivity index (χ2n) is 6.60. The summed E-state index contributed by atoms with van der Waals surface area (Å²) < 4.78 is 11.0. The molecule has 1 aromatic rings. The highest BCUT2D eigenvalue weighted by Gasteiger charge is 2.37. The molecule has 2 aliphatic heterocycles. The van der Waals surface area contributed by atoms with Gasteiger partial charge in [0.05, 0.1) is 25.6 Å². The SMILES string of the molecule is Cl.NC(=O)CC(N)C(=O)N1CC(Oc2ccc3c(c2C(=O)O)OB(O)CC3)C1. The number of carbonyl (C=O) groups is 3. The molecule has 0 saturated carbocycles. The number of nitrogens with two attached hydrogens (primary N) is 2. The number of aryl methyl sites for hydroxylation is 1. The van der Waals surface area contributed by atoms with Crippen molar-refractivity contribution in [1.29, 1.82) is 0 Å². The minimum Gasteiger partial charge on any atom is -0.535 e. The zero-order valence-electron chi connectivity index (χ0n) is 14.9. The number of nitrogens with zero attached hydrogens (tertiary/aromatic N) is 1. The first-order valence-corrected chi connectivity index (χ1v) is 8.49. The Hall–Kier alpha value is -2.50. The van der Waals surface area contributed by atoms with E-state index in [0.29, 0.717) is 18.3 Å². The second kappa shape index (κ2) is 8.67. The van der Waals surface area contributed by atoms with Gasteiger partial charge in [-0.1, -0.05) is 6.07 Å². The van der Waals surface area contributed by atoms with Crippen molar-refractivity contribution >= 4 is 37.3 Å². The third kappa shape index (κ3) is 4.49. The van der Waals surface area contributed by atoms with Crippen LogP contribution < -0.4 is 20.9 Å². The molecule has 3 rings (SSSR count). The highest BCUT2D eigenvalue weighted by Crippen LogP contribution is 2.37. The minimum atomic E-state index is -1.23. The molecule has 0 aromatic heterocycles. The summed E-state index contributed by atoms with van der Waals surface area (Å²) >= 11 is 0. The van der Waals surface area contributed by atoms with Crippen LogP contribution in [-0.4, -0.2) is 65.2 Å². The highest BCUT2D eigenvalue weighted by molar-refractivity contribution is 6.44. The van der Waals surface area contributed by atoms with Gasteiger partial charge in [-0.15, -0.1) is 12.4 Å². The summed E-state index contributed by atoms with van der Waals surface area (Å²) in [5.41, 5.74) is 11.2. The number of rotatable bonds is 6. The zero-order chi connectivity index (χ0) is 19.7. The molecule has 0 bridgehead atoms. The number of carboxylic acid groups (broad SMARTS) is 1. The van der Waals surface area contributed by atoms with E-state index >= 15 is 0 Å². The van der Waals surface area contributed by atoms with E-state index in [0.717, 1.165) is 0 Å². The van der Waals surface area contributed by atoms with Crippen LogP contribution in [0.15, 0.2) is 12.1 Å². The van der Waals surface area contributed by atoms with Gasteiger partial charge in [-0.3, -0.25) is 9.59 Å². The standard InChI is InChI=1S/C16H20BN3O7.ClH/c18-10(5-12(19)21)15(22)20-6-9(7-20)26-11-2-1-8-3-4-17(25)27-14(8)13(11)16(23)24;/h1-2,9-10,25H,3-7,18H2,(H2,19,21)(H,23,24);1H. The monoisotopic (exact) mass is 413 g/mol. The predicted octanol–water partition coefficient (Wildman–Crippen LogP) is -0.986. The lowest BCUT2D eigenvalue weighted by atomic mass is 9.78. The van der Waals surface area contributed by atoms with Gasteiger partial charge in [0.1, 0.15) is 23.2 Å². The van der Waals surface area contributed by atoms with Crippen molar-refractivity contribution in [1.82, 2.24) is 4.90 Å². The Morgan fingerprint density at radius 3 is 2.64 bits per heavy atom. The molecule has 2 heterocycles. The number of carboxylic acids is 1. The smallest absolute Gasteiger partial charge is 0.522 e. The minimum absolute atomic E-state index is 0. The van der Waals surface area contributed by atoms with Crippen LogP contribution in [0.3, 0.4) is 0 Å². The Kier molecular flexibility index (Phi) is 6.75. The number of fused-ring (bicyclic) bond motifs is 1. The number of ether oxygens (including phenoxy) is 1. The maximum Gasteiger partial charge on any atom is 0.522 e. The number of primary amides is 1. The van der Waals surface area contributed by atoms with Gasteiger partial charge >= 0.3 is 13.1 Å². The van der Waals surface area contributed by atoms with Crippen molar-refractivity contribution in [3.8, 4) is 11.5 Å². The van der Waals surface area contributed by atoms with E-state index < -0.39 is 37.0 Å². The Labute approximate surface area is 167 Å². The molecule has 1 saturated heterocycles. The molecule has 0 radical (unpaired) electrons. The summed E-state index contributed by atoms with van der Waals surface area (Å²) in [5.74, 6) is -2.09. The van der Waals surface area contributed by atoms with E-state index in [2.05, 4.69) is 0 Å². The Morgan fingerprint density at radius 2 is 2.04 bits per heavy atom. The summed E-state index contributed by atoms with van der Waals surface area (Å²) in [6.07, 6.45) is 0.228. The van der Waals surface area contributed by atoms with Crippen LogP contribution in [0.5, 0.6) is 11.5 Å². The van der Waals surface area contributed by atoms with Crippen LogP contribution >= 0.6 is 12.4 Å². The molecule has 2 amide bonds. The van der Waals surface area contributed by atoms with Crippen molar-refractivity contribution in [2.45, 2.75) is 31.3 Å². The summed E-state index contributed by atoms with van der Waals surface area (Å²) in [6, 6.07) is 2.25. The molecule has 1 fully saturated rings. The maximum absolute atomic E-state index is 12.1. The van der Waals surface area contributed by atoms with Crippen molar-refractivity contribution in [3.05, 3.63) is 23.3 Å². The first-order chi connectivity index (χ1) is 12.8. The molecule has 1 atom stereocenters. The topological polar surface area (TPSA) is 165 Å². The summed E-state index contributed by atoms with van der Waals surface area (Å²) in [4.78, 5) is 36.0. The van der Waals surface area contributed by atoms with Gasteiger partial charge in [-0.2, -0.15) is 0 Å². The number of halogens is 1. The third-order valence-corrected chi connectivity index (χ3v) is 4.52. The molecule has 1 aromatic carbocycles. The lowest BCUT2D eigenvalue weighted by Crippen LogP contribution is -2.60. The lowest BCUT2D eigenvalue weighted by molar-refractivity contribution is -0.142. The highest BCUT2D eigenvalue weighted by atomic mass is 35.5. The average molecular weight is 414 g/mol. The predicted molar refractivity (Wildman–Crippen MR) is 101 cm³/mol. The summed E-state index contributed by atoms with van der Waals surface area (Å²) in [6.45, 7) is 0.426. The van der Waals surface area contributed by atoms with Gasteiger partial charge in [0, 0.05) is 0 Å². The largest absolute Gasteiger partial charge is 0.535 e. The molecule has 6 N–H and O–H groups in total. The quantitative estimate of drug-likeness (QED) is 0.432. The number of benzene rings is 1. The van der Waals surface area contributed by atoms with Gasteiger partial charge in [-0.25, -0.2) is 4.79 Å². The van der Waals surface area contributed by atoms with Crippen molar-refractivity contribution in [2.75, 3.05) is 13.1 Å². The first-order valence-electron chi connectivity index (χ1n) is 8.49. The van der Waals surface area contributed by atoms with E-state index in [4.69, 9.17) is 20.9 Å². The van der Waals surface area contributed by atoms with Crippen LogP contribution in [0.4, 0.5) is 0 Å². The second-order valence-corrected chi connectivity index (χ2v) is 6.60. The summed E-state index contributed by atoms with van der Waals surface area (Å²) in [7, 11) is -1.06.